The molecule has 0 spiro atoms. The van der Waals surface area contributed by atoms with Gasteiger partial charge < -0.3 is 9.47 Å². The second kappa shape index (κ2) is 6.50. The largest absolute Gasteiger partial charge is 0.497 e. The van der Waals surface area contributed by atoms with Crippen molar-refractivity contribution in [2.24, 2.45) is 0 Å². The number of esters is 1. The average Bonchev–Trinajstić information content (AvgIpc) is 3.03. The Morgan fingerprint density at radius 1 is 1.39 bits per heavy atom. The molecule has 1 aromatic rings. The SMILES string of the molecule is COC(=O)C1CCCN1S(=O)(=O)c1ccc(OC)cc1[N+](=O)[O-]. The van der Waals surface area contributed by atoms with Crippen LogP contribution >= 0.6 is 0 Å². The summed E-state index contributed by atoms with van der Waals surface area (Å²) in [6, 6.07) is 2.50. The maximum atomic E-state index is 12.8. The second-order valence-corrected chi connectivity index (χ2v) is 6.75. The molecule has 1 heterocycles. The van der Waals surface area contributed by atoms with E-state index in [4.69, 9.17) is 4.74 Å². The lowest BCUT2D eigenvalue weighted by atomic mass is 10.2. The van der Waals surface area contributed by atoms with Gasteiger partial charge in [-0.05, 0) is 25.0 Å². The molecule has 23 heavy (non-hydrogen) atoms. The van der Waals surface area contributed by atoms with E-state index in [0.29, 0.717) is 12.8 Å². The summed E-state index contributed by atoms with van der Waals surface area (Å²) in [5, 5.41) is 11.2. The summed E-state index contributed by atoms with van der Waals surface area (Å²) in [5.41, 5.74) is -0.597. The number of nitro groups is 1. The van der Waals surface area contributed by atoms with Gasteiger partial charge in [-0.2, -0.15) is 4.31 Å². The van der Waals surface area contributed by atoms with Crippen LogP contribution in [-0.4, -0.2) is 50.4 Å². The first kappa shape index (κ1) is 17.2. The van der Waals surface area contributed by atoms with Gasteiger partial charge in [-0.3, -0.25) is 14.9 Å². The van der Waals surface area contributed by atoms with Gasteiger partial charge in [0.15, 0.2) is 4.90 Å². The van der Waals surface area contributed by atoms with E-state index in [2.05, 4.69) is 4.74 Å². The van der Waals surface area contributed by atoms with Gasteiger partial charge in [0.1, 0.15) is 11.8 Å². The average molecular weight is 344 g/mol. The summed E-state index contributed by atoms with van der Waals surface area (Å²) in [4.78, 5) is 21.7. The Balaban J connectivity index is 2.51. The van der Waals surface area contributed by atoms with Crippen molar-refractivity contribution in [3.05, 3.63) is 28.3 Å². The maximum Gasteiger partial charge on any atom is 0.324 e. The van der Waals surface area contributed by atoms with Crippen molar-refractivity contribution in [3.8, 4) is 5.75 Å². The van der Waals surface area contributed by atoms with E-state index in [1.807, 2.05) is 0 Å². The van der Waals surface area contributed by atoms with E-state index in [1.54, 1.807) is 0 Å². The van der Waals surface area contributed by atoms with E-state index in [0.717, 1.165) is 16.4 Å². The van der Waals surface area contributed by atoms with E-state index in [-0.39, 0.29) is 12.3 Å². The van der Waals surface area contributed by atoms with Gasteiger partial charge in [-0.25, -0.2) is 8.42 Å². The topological polar surface area (TPSA) is 116 Å². The maximum absolute atomic E-state index is 12.8. The zero-order valence-corrected chi connectivity index (χ0v) is 13.4. The minimum absolute atomic E-state index is 0.102. The number of ether oxygens (including phenoxy) is 2. The molecular formula is C13H16N2O7S. The highest BCUT2D eigenvalue weighted by atomic mass is 32.2. The number of nitro benzene ring substituents is 1. The highest BCUT2D eigenvalue weighted by Crippen LogP contribution is 2.34. The highest BCUT2D eigenvalue weighted by molar-refractivity contribution is 7.89. The number of hydrogen-bond acceptors (Lipinski definition) is 7. The quantitative estimate of drug-likeness (QED) is 0.443. The molecular weight excluding hydrogens is 328 g/mol. The van der Waals surface area contributed by atoms with Gasteiger partial charge in [-0.1, -0.05) is 0 Å². The smallest absolute Gasteiger partial charge is 0.324 e. The molecule has 1 atom stereocenters. The summed E-state index contributed by atoms with van der Waals surface area (Å²) in [5.74, 6) is -0.510. The number of benzene rings is 1. The molecule has 1 unspecified atom stereocenters. The molecule has 1 saturated heterocycles. The number of rotatable bonds is 5. The number of sulfonamides is 1. The molecule has 9 nitrogen and oxygen atoms in total. The fraction of sp³-hybridized carbons (Fsp3) is 0.462. The van der Waals surface area contributed by atoms with Gasteiger partial charge in [0.25, 0.3) is 15.7 Å². The van der Waals surface area contributed by atoms with Crippen LogP contribution < -0.4 is 4.74 Å². The Morgan fingerprint density at radius 2 is 2.09 bits per heavy atom. The zero-order chi connectivity index (χ0) is 17.2. The monoisotopic (exact) mass is 344 g/mol. The molecule has 0 bridgehead atoms. The highest BCUT2D eigenvalue weighted by Gasteiger charge is 2.42. The van der Waals surface area contributed by atoms with Crippen LogP contribution in [0.3, 0.4) is 0 Å². The molecule has 0 N–H and O–H groups in total. The molecule has 1 aliphatic heterocycles. The first-order valence-electron chi connectivity index (χ1n) is 6.75. The van der Waals surface area contributed by atoms with Crippen LogP contribution in [0.15, 0.2) is 23.1 Å². The fourth-order valence-corrected chi connectivity index (χ4v) is 4.30. The summed E-state index contributed by atoms with van der Waals surface area (Å²) < 4.78 is 36.0. The van der Waals surface area contributed by atoms with E-state index in [1.165, 1.54) is 20.3 Å². The third-order valence-corrected chi connectivity index (χ3v) is 5.58. The molecule has 2 rings (SSSR count). The van der Waals surface area contributed by atoms with Gasteiger partial charge in [-0.15, -0.1) is 0 Å². The van der Waals surface area contributed by atoms with Gasteiger partial charge in [0, 0.05) is 6.54 Å². The Kier molecular flexibility index (Phi) is 4.85. The first-order chi connectivity index (χ1) is 10.8. The Morgan fingerprint density at radius 3 is 2.65 bits per heavy atom. The predicted octanol–water partition coefficient (Wildman–Crippen LogP) is 0.929. The summed E-state index contributed by atoms with van der Waals surface area (Å²) in [7, 11) is -1.72. The number of carbonyl (C=O) groups excluding carboxylic acids is 1. The number of nitrogens with zero attached hydrogens (tertiary/aromatic N) is 2. The summed E-state index contributed by atoms with van der Waals surface area (Å²) >= 11 is 0. The van der Waals surface area contributed by atoms with Crippen molar-refractivity contribution in [1.82, 2.24) is 4.31 Å². The van der Waals surface area contributed by atoms with E-state index in [9.17, 15) is 23.3 Å². The normalized spacial score (nSPS) is 18.6. The molecule has 1 fully saturated rings. The standard InChI is InChI=1S/C13H16N2O7S/c1-21-9-5-6-12(11(8-9)15(17)18)23(19,20)14-7-3-4-10(14)13(16)22-2/h5-6,8,10H,3-4,7H2,1-2H3. The molecule has 126 valence electrons. The third kappa shape index (κ3) is 3.13. The molecule has 0 aliphatic carbocycles. The minimum atomic E-state index is -4.21. The predicted molar refractivity (Wildman–Crippen MR) is 78.6 cm³/mol. The first-order valence-corrected chi connectivity index (χ1v) is 8.19. The van der Waals surface area contributed by atoms with Crippen LogP contribution in [0.1, 0.15) is 12.8 Å². The van der Waals surface area contributed by atoms with Crippen molar-refractivity contribution in [2.75, 3.05) is 20.8 Å². The van der Waals surface area contributed by atoms with Crippen LogP contribution in [0.5, 0.6) is 5.75 Å². The van der Waals surface area contributed by atoms with Crippen LogP contribution in [0.4, 0.5) is 5.69 Å². The van der Waals surface area contributed by atoms with Gasteiger partial charge in [0.2, 0.25) is 0 Å². The Hall–Kier alpha value is -2.20. The van der Waals surface area contributed by atoms with Crippen molar-refractivity contribution in [1.29, 1.82) is 0 Å². The second-order valence-electron chi connectivity index (χ2n) is 4.89. The number of hydrogen-bond donors (Lipinski definition) is 0. The van der Waals surface area contributed by atoms with Crippen molar-refractivity contribution >= 4 is 21.7 Å². The fourth-order valence-electron chi connectivity index (χ4n) is 2.51. The van der Waals surface area contributed by atoms with Crippen LogP contribution in [0, 0.1) is 10.1 Å². The Bertz CT molecular complexity index is 732. The molecule has 0 amide bonds. The van der Waals surface area contributed by atoms with Crippen molar-refractivity contribution < 1.29 is 27.6 Å². The Labute approximate surface area is 133 Å². The zero-order valence-electron chi connectivity index (χ0n) is 12.6. The van der Waals surface area contributed by atoms with Gasteiger partial charge >= 0.3 is 5.97 Å². The number of carbonyl (C=O) groups is 1. The van der Waals surface area contributed by atoms with Crippen LogP contribution in [-0.2, 0) is 19.6 Å². The lowest BCUT2D eigenvalue weighted by Crippen LogP contribution is -2.41. The third-order valence-electron chi connectivity index (χ3n) is 3.63. The molecule has 0 radical (unpaired) electrons. The van der Waals surface area contributed by atoms with Gasteiger partial charge in [0.05, 0.1) is 25.2 Å². The van der Waals surface area contributed by atoms with Crippen LogP contribution in [0.2, 0.25) is 0 Å². The molecule has 1 aromatic carbocycles. The lowest BCUT2D eigenvalue weighted by Gasteiger charge is -2.22. The lowest BCUT2D eigenvalue weighted by molar-refractivity contribution is -0.387. The molecule has 0 saturated carbocycles. The molecule has 10 heteroatoms. The molecule has 1 aliphatic rings. The summed E-state index contributed by atoms with van der Waals surface area (Å²) in [6.45, 7) is 0.102. The van der Waals surface area contributed by atoms with E-state index < -0.39 is 37.5 Å². The van der Waals surface area contributed by atoms with Crippen LogP contribution in [0.25, 0.3) is 0 Å². The van der Waals surface area contributed by atoms with Crippen molar-refractivity contribution in [2.45, 2.75) is 23.8 Å². The van der Waals surface area contributed by atoms with Crippen molar-refractivity contribution in [3.63, 3.8) is 0 Å². The summed E-state index contributed by atoms with van der Waals surface area (Å²) in [6.07, 6.45) is 0.790. The molecule has 0 aromatic heterocycles. The number of methoxy groups -OCH3 is 2. The van der Waals surface area contributed by atoms with E-state index >= 15 is 0 Å². The minimum Gasteiger partial charge on any atom is -0.497 e.